The highest BCUT2D eigenvalue weighted by Crippen LogP contribution is 2.32. The van der Waals surface area contributed by atoms with Crippen LogP contribution in [0.2, 0.25) is 0 Å². The first kappa shape index (κ1) is 24.1. The number of hydrogen-bond donors (Lipinski definition) is 0. The summed E-state index contributed by atoms with van der Waals surface area (Å²) in [6.45, 7) is 3.31. The Balaban J connectivity index is 1.39. The Morgan fingerprint density at radius 3 is 2.41 bits per heavy atom. The van der Waals surface area contributed by atoms with E-state index in [1.54, 1.807) is 6.08 Å². The molecule has 0 amide bonds. The van der Waals surface area contributed by atoms with Gasteiger partial charge in [0.15, 0.2) is 0 Å². The fraction of sp³-hybridized carbons (Fsp3) is 0.304. The molecule has 3 aromatic rings. The predicted molar refractivity (Wildman–Crippen MR) is 121 cm³/mol. The van der Waals surface area contributed by atoms with E-state index in [2.05, 4.69) is 10.1 Å². The van der Waals surface area contributed by atoms with Crippen LogP contribution in [0.1, 0.15) is 30.0 Å². The quantitative estimate of drug-likeness (QED) is 0.507. The zero-order valence-electron chi connectivity index (χ0n) is 18.3. The van der Waals surface area contributed by atoms with Crippen molar-refractivity contribution in [2.24, 2.45) is 0 Å². The first-order chi connectivity index (χ1) is 16.1. The number of aromatic nitrogens is 2. The second-order valence-corrected chi connectivity index (χ2v) is 9.72. The number of halogens is 3. The third kappa shape index (κ3) is 5.54. The minimum absolute atomic E-state index is 0.0696. The molecule has 7 nitrogen and oxygen atoms in total. The summed E-state index contributed by atoms with van der Waals surface area (Å²) < 4.78 is 71.0. The lowest BCUT2D eigenvalue weighted by molar-refractivity contribution is -0.137. The number of rotatable bonds is 6. The van der Waals surface area contributed by atoms with Gasteiger partial charge in [0.05, 0.1) is 11.6 Å². The Labute approximate surface area is 195 Å². The second-order valence-electron chi connectivity index (χ2n) is 7.90. The minimum Gasteiger partial charge on any atom is -0.337 e. The summed E-state index contributed by atoms with van der Waals surface area (Å²) in [7, 11) is -3.56. The van der Waals surface area contributed by atoms with Crippen molar-refractivity contribution in [3.05, 3.63) is 77.0 Å². The smallest absolute Gasteiger partial charge is 0.337 e. The second kappa shape index (κ2) is 9.69. The molecule has 4 rings (SSSR count). The van der Waals surface area contributed by atoms with Crippen molar-refractivity contribution >= 4 is 16.1 Å². The molecule has 0 bridgehead atoms. The van der Waals surface area contributed by atoms with Crippen molar-refractivity contribution in [1.82, 2.24) is 19.3 Å². The van der Waals surface area contributed by atoms with Gasteiger partial charge in [0.25, 0.3) is 0 Å². The fourth-order valence-corrected chi connectivity index (χ4v) is 4.85. The Hall–Kier alpha value is -3.02. The summed E-state index contributed by atoms with van der Waals surface area (Å²) in [5, 5.41) is 5.05. The van der Waals surface area contributed by atoms with Crippen LogP contribution in [-0.4, -0.2) is 53.9 Å². The minimum atomic E-state index is -4.47. The van der Waals surface area contributed by atoms with Gasteiger partial charge in [-0.05, 0) is 30.7 Å². The molecule has 2 heterocycles. The van der Waals surface area contributed by atoms with Crippen LogP contribution in [0.25, 0.3) is 17.5 Å². The summed E-state index contributed by atoms with van der Waals surface area (Å²) in [6.07, 6.45) is -2.90. The van der Waals surface area contributed by atoms with E-state index >= 15 is 0 Å². The summed E-state index contributed by atoms with van der Waals surface area (Å²) in [6, 6.07) is 13.6. The molecule has 1 aliphatic rings. The van der Waals surface area contributed by atoms with Gasteiger partial charge in [-0.25, -0.2) is 8.42 Å². The maximum Gasteiger partial charge on any atom is 0.416 e. The van der Waals surface area contributed by atoms with Gasteiger partial charge in [0.1, 0.15) is 0 Å². The normalized spacial score (nSPS) is 17.3. The molecule has 11 heteroatoms. The molecule has 0 aliphatic carbocycles. The molecule has 1 fully saturated rings. The Morgan fingerprint density at radius 1 is 1.03 bits per heavy atom. The average molecular weight is 493 g/mol. The van der Waals surface area contributed by atoms with Crippen LogP contribution in [-0.2, 0) is 16.2 Å². The van der Waals surface area contributed by atoms with E-state index in [-0.39, 0.29) is 23.3 Å². The lowest BCUT2D eigenvalue weighted by atomic mass is 10.1. The topological polar surface area (TPSA) is 79.5 Å². The molecule has 180 valence electrons. The van der Waals surface area contributed by atoms with Crippen LogP contribution >= 0.6 is 0 Å². The Bertz CT molecular complexity index is 1250. The van der Waals surface area contributed by atoms with Gasteiger partial charge < -0.3 is 4.52 Å². The highest BCUT2D eigenvalue weighted by Gasteiger charge is 2.32. The van der Waals surface area contributed by atoms with Crippen LogP contribution in [0, 0.1) is 0 Å². The van der Waals surface area contributed by atoms with Gasteiger partial charge >= 0.3 is 6.18 Å². The van der Waals surface area contributed by atoms with Crippen molar-refractivity contribution in [1.29, 1.82) is 0 Å². The van der Waals surface area contributed by atoms with E-state index in [1.807, 2.05) is 42.2 Å². The van der Waals surface area contributed by atoms with Gasteiger partial charge in [-0.3, -0.25) is 4.90 Å². The molecule has 0 radical (unpaired) electrons. The van der Waals surface area contributed by atoms with E-state index in [1.165, 1.54) is 21.8 Å². The summed E-state index contributed by atoms with van der Waals surface area (Å²) >= 11 is 0. The Morgan fingerprint density at radius 2 is 1.74 bits per heavy atom. The zero-order chi connectivity index (χ0) is 24.3. The van der Waals surface area contributed by atoms with Crippen molar-refractivity contribution in [2.75, 3.05) is 26.2 Å². The lowest BCUT2D eigenvalue weighted by Gasteiger charge is -2.35. The van der Waals surface area contributed by atoms with Gasteiger partial charge in [0, 0.05) is 37.2 Å². The van der Waals surface area contributed by atoms with Gasteiger partial charge in [-0.15, -0.1) is 0 Å². The van der Waals surface area contributed by atoms with Crippen LogP contribution in [0.3, 0.4) is 0 Å². The number of nitrogens with zero attached hydrogens (tertiary/aromatic N) is 4. The highest BCUT2D eigenvalue weighted by atomic mass is 32.2. The SMILES string of the molecule is CC(c1nc(-c2cccc(C(F)(F)F)c2)no1)N1CCN(S(=O)(=O)C=Cc2ccccc2)CC1. The number of hydrogen-bond acceptors (Lipinski definition) is 6. The number of alkyl halides is 3. The number of benzene rings is 2. The Kier molecular flexibility index (Phi) is 6.87. The average Bonchev–Trinajstić information content (AvgIpc) is 3.33. The fourth-order valence-electron chi connectivity index (χ4n) is 3.67. The van der Waals surface area contributed by atoms with E-state index < -0.39 is 21.8 Å². The first-order valence-corrected chi connectivity index (χ1v) is 12.1. The molecule has 34 heavy (non-hydrogen) atoms. The molecule has 1 saturated heterocycles. The molecule has 0 saturated carbocycles. The molecule has 1 aromatic heterocycles. The maximum atomic E-state index is 13.0. The van der Waals surface area contributed by atoms with E-state index in [0.29, 0.717) is 26.2 Å². The van der Waals surface area contributed by atoms with E-state index in [9.17, 15) is 21.6 Å². The molecular formula is C23H23F3N4O3S. The lowest BCUT2D eigenvalue weighted by Crippen LogP contribution is -2.48. The summed E-state index contributed by atoms with van der Waals surface area (Å²) in [5.74, 6) is 0.327. The predicted octanol–water partition coefficient (Wildman–Crippen LogP) is 4.43. The van der Waals surface area contributed by atoms with Crippen LogP contribution in [0.4, 0.5) is 13.2 Å². The molecule has 0 N–H and O–H groups in total. The molecule has 0 spiro atoms. The number of piperazine rings is 1. The number of sulfonamides is 1. The van der Waals surface area contributed by atoms with Crippen LogP contribution in [0.5, 0.6) is 0 Å². The largest absolute Gasteiger partial charge is 0.416 e. The maximum absolute atomic E-state index is 13.0. The summed E-state index contributed by atoms with van der Waals surface area (Å²) in [4.78, 5) is 6.28. The molecule has 1 aliphatic heterocycles. The van der Waals surface area contributed by atoms with Crippen LogP contribution in [0.15, 0.2) is 64.5 Å². The van der Waals surface area contributed by atoms with Crippen molar-refractivity contribution in [2.45, 2.75) is 19.1 Å². The molecular weight excluding hydrogens is 469 g/mol. The van der Waals surface area contributed by atoms with Gasteiger partial charge in [0.2, 0.25) is 21.7 Å². The van der Waals surface area contributed by atoms with Crippen molar-refractivity contribution in [3.8, 4) is 11.4 Å². The summed E-state index contributed by atoms with van der Waals surface area (Å²) in [5.41, 5.74) is 0.215. The first-order valence-electron chi connectivity index (χ1n) is 10.6. The van der Waals surface area contributed by atoms with Gasteiger partial charge in [-0.2, -0.15) is 22.5 Å². The van der Waals surface area contributed by atoms with E-state index in [0.717, 1.165) is 17.7 Å². The molecule has 1 atom stereocenters. The van der Waals surface area contributed by atoms with Crippen molar-refractivity contribution in [3.63, 3.8) is 0 Å². The zero-order valence-corrected chi connectivity index (χ0v) is 19.1. The third-order valence-electron chi connectivity index (χ3n) is 5.66. The highest BCUT2D eigenvalue weighted by molar-refractivity contribution is 7.92. The van der Waals surface area contributed by atoms with E-state index in [4.69, 9.17) is 4.52 Å². The third-order valence-corrected chi connectivity index (χ3v) is 7.23. The van der Waals surface area contributed by atoms with Gasteiger partial charge in [-0.1, -0.05) is 47.6 Å². The molecule has 2 aromatic carbocycles. The van der Waals surface area contributed by atoms with Crippen molar-refractivity contribution < 1.29 is 26.1 Å². The standard InChI is InChI=1S/C23H23F3N4O3S/c1-17(22-27-21(28-33-22)19-8-5-9-20(16-19)23(24,25)26)29-11-13-30(14-12-29)34(31,32)15-10-18-6-3-2-4-7-18/h2-10,15-17H,11-14H2,1H3. The molecule has 1 unspecified atom stereocenters. The monoisotopic (exact) mass is 492 g/mol. The van der Waals surface area contributed by atoms with Crippen LogP contribution < -0.4 is 0 Å².